The zero-order valence-electron chi connectivity index (χ0n) is 14.7. The molecule has 0 aliphatic carbocycles. The Balaban J connectivity index is 1.50. The average molecular weight is 335 g/mol. The van der Waals surface area contributed by atoms with Gasteiger partial charge in [-0.3, -0.25) is 15.1 Å². The lowest BCUT2D eigenvalue weighted by Crippen LogP contribution is -2.34. The highest BCUT2D eigenvalue weighted by molar-refractivity contribution is 5.62. The SMILES string of the molecule is CCc1cn[nH]c1C1CCCN(Cc2cn[nH]c2-c2ccccc2)C1. The molecule has 0 spiro atoms. The molecular weight excluding hydrogens is 310 g/mol. The van der Waals surface area contributed by atoms with Gasteiger partial charge in [-0.15, -0.1) is 0 Å². The zero-order chi connectivity index (χ0) is 17.1. The van der Waals surface area contributed by atoms with E-state index in [9.17, 15) is 0 Å². The minimum Gasteiger partial charge on any atom is -0.298 e. The van der Waals surface area contributed by atoms with Crippen LogP contribution in [0, 0.1) is 0 Å². The molecule has 1 unspecified atom stereocenters. The molecule has 1 saturated heterocycles. The van der Waals surface area contributed by atoms with E-state index in [0.29, 0.717) is 5.92 Å². The number of aromatic amines is 2. The van der Waals surface area contributed by atoms with E-state index < -0.39 is 0 Å². The topological polar surface area (TPSA) is 60.6 Å². The molecular formula is C20H25N5. The number of aryl methyl sites for hydroxylation is 1. The van der Waals surface area contributed by atoms with Crippen LogP contribution >= 0.6 is 0 Å². The predicted molar refractivity (Wildman–Crippen MR) is 99.2 cm³/mol. The highest BCUT2D eigenvalue weighted by atomic mass is 15.2. The Morgan fingerprint density at radius 2 is 1.88 bits per heavy atom. The van der Waals surface area contributed by atoms with Gasteiger partial charge in [-0.25, -0.2) is 0 Å². The molecule has 1 fully saturated rings. The standard InChI is InChI=1S/C20H25N5/c1-2-15-11-21-23-19(15)17-9-6-10-25(13-17)14-18-12-22-24-20(18)16-7-4-3-5-8-16/h3-5,7-8,11-12,17H,2,6,9-10,13-14H2,1H3,(H,21,23)(H,22,24). The molecule has 0 amide bonds. The van der Waals surface area contributed by atoms with Gasteiger partial charge in [0.1, 0.15) is 0 Å². The number of H-pyrrole nitrogens is 2. The summed E-state index contributed by atoms with van der Waals surface area (Å²) in [5.41, 5.74) is 6.30. The van der Waals surface area contributed by atoms with Gasteiger partial charge in [-0.1, -0.05) is 37.3 Å². The van der Waals surface area contributed by atoms with E-state index in [-0.39, 0.29) is 0 Å². The first-order valence-corrected chi connectivity index (χ1v) is 9.17. The summed E-state index contributed by atoms with van der Waals surface area (Å²) in [6.07, 6.45) is 7.47. The summed E-state index contributed by atoms with van der Waals surface area (Å²) in [6, 6.07) is 10.5. The van der Waals surface area contributed by atoms with Gasteiger partial charge in [-0.05, 0) is 36.9 Å². The van der Waals surface area contributed by atoms with Crippen LogP contribution in [0.4, 0.5) is 0 Å². The van der Waals surface area contributed by atoms with E-state index in [1.807, 2.05) is 18.5 Å². The van der Waals surface area contributed by atoms with Crippen LogP contribution in [0.25, 0.3) is 11.3 Å². The van der Waals surface area contributed by atoms with Crippen molar-refractivity contribution in [2.45, 2.75) is 38.6 Å². The largest absolute Gasteiger partial charge is 0.298 e. The molecule has 4 rings (SSSR count). The second kappa shape index (κ2) is 7.23. The minimum atomic E-state index is 0.554. The van der Waals surface area contributed by atoms with Gasteiger partial charge in [-0.2, -0.15) is 10.2 Å². The molecule has 1 aliphatic heterocycles. The van der Waals surface area contributed by atoms with E-state index in [2.05, 4.69) is 56.5 Å². The highest BCUT2D eigenvalue weighted by Crippen LogP contribution is 2.30. The van der Waals surface area contributed by atoms with E-state index in [1.54, 1.807) is 0 Å². The molecule has 5 nitrogen and oxygen atoms in total. The van der Waals surface area contributed by atoms with Gasteiger partial charge in [0.25, 0.3) is 0 Å². The summed E-state index contributed by atoms with van der Waals surface area (Å²) >= 11 is 0. The molecule has 130 valence electrons. The lowest BCUT2D eigenvalue weighted by molar-refractivity contribution is 0.198. The third kappa shape index (κ3) is 3.37. The summed E-state index contributed by atoms with van der Waals surface area (Å²) in [6.45, 7) is 5.36. The van der Waals surface area contributed by atoms with Crippen molar-refractivity contribution in [3.8, 4) is 11.3 Å². The second-order valence-electron chi connectivity index (χ2n) is 6.87. The minimum absolute atomic E-state index is 0.554. The molecule has 1 aromatic carbocycles. The van der Waals surface area contributed by atoms with Crippen molar-refractivity contribution in [1.29, 1.82) is 0 Å². The first-order chi connectivity index (χ1) is 12.3. The third-order valence-corrected chi connectivity index (χ3v) is 5.22. The van der Waals surface area contributed by atoms with E-state index in [1.165, 1.54) is 35.2 Å². The summed E-state index contributed by atoms with van der Waals surface area (Å²) < 4.78 is 0. The first kappa shape index (κ1) is 16.1. The molecule has 0 radical (unpaired) electrons. The second-order valence-corrected chi connectivity index (χ2v) is 6.87. The van der Waals surface area contributed by atoms with Crippen LogP contribution < -0.4 is 0 Å². The Morgan fingerprint density at radius 3 is 2.72 bits per heavy atom. The van der Waals surface area contributed by atoms with Gasteiger partial charge in [0.05, 0.1) is 18.1 Å². The maximum absolute atomic E-state index is 4.29. The summed E-state index contributed by atoms with van der Waals surface area (Å²) in [5, 5.41) is 15.0. The van der Waals surface area contributed by atoms with E-state index >= 15 is 0 Å². The maximum atomic E-state index is 4.29. The normalized spacial score (nSPS) is 18.5. The number of benzene rings is 1. The van der Waals surface area contributed by atoms with Gasteiger partial charge in [0.2, 0.25) is 0 Å². The first-order valence-electron chi connectivity index (χ1n) is 9.17. The maximum Gasteiger partial charge on any atom is 0.0695 e. The quantitative estimate of drug-likeness (QED) is 0.746. The molecule has 25 heavy (non-hydrogen) atoms. The van der Waals surface area contributed by atoms with Crippen molar-refractivity contribution < 1.29 is 0 Å². The number of nitrogens with zero attached hydrogens (tertiary/aromatic N) is 3. The summed E-state index contributed by atoms with van der Waals surface area (Å²) in [4.78, 5) is 2.55. The fourth-order valence-electron chi connectivity index (χ4n) is 3.92. The fourth-order valence-corrected chi connectivity index (χ4v) is 3.92. The van der Waals surface area contributed by atoms with Crippen LogP contribution in [0.15, 0.2) is 42.7 Å². The lowest BCUT2D eigenvalue weighted by Gasteiger charge is -2.32. The molecule has 1 atom stereocenters. The number of rotatable bonds is 5. The average Bonchev–Trinajstić information content (AvgIpc) is 3.32. The number of likely N-dealkylation sites (tertiary alicyclic amines) is 1. The number of piperidine rings is 1. The Kier molecular flexibility index (Phi) is 4.65. The Morgan fingerprint density at radius 1 is 1.08 bits per heavy atom. The van der Waals surface area contributed by atoms with Crippen molar-refractivity contribution in [1.82, 2.24) is 25.3 Å². The smallest absolute Gasteiger partial charge is 0.0695 e. The molecule has 5 heteroatoms. The van der Waals surface area contributed by atoms with Crippen molar-refractivity contribution in [3.63, 3.8) is 0 Å². The molecule has 2 aromatic heterocycles. The van der Waals surface area contributed by atoms with Crippen molar-refractivity contribution >= 4 is 0 Å². The van der Waals surface area contributed by atoms with Crippen molar-refractivity contribution in [2.24, 2.45) is 0 Å². The van der Waals surface area contributed by atoms with Crippen LogP contribution in [0.1, 0.15) is 42.5 Å². The van der Waals surface area contributed by atoms with Gasteiger partial charge < -0.3 is 0 Å². The van der Waals surface area contributed by atoms with Crippen LogP contribution in [-0.4, -0.2) is 38.4 Å². The molecule has 3 aromatic rings. The molecule has 1 aliphatic rings. The van der Waals surface area contributed by atoms with Crippen molar-refractivity contribution in [2.75, 3.05) is 13.1 Å². The lowest BCUT2D eigenvalue weighted by atomic mass is 9.91. The van der Waals surface area contributed by atoms with Crippen molar-refractivity contribution in [3.05, 3.63) is 59.5 Å². The third-order valence-electron chi connectivity index (χ3n) is 5.22. The van der Waals surface area contributed by atoms with Gasteiger partial charge >= 0.3 is 0 Å². The number of nitrogens with one attached hydrogen (secondary N) is 2. The van der Waals surface area contributed by atoms with E-state index in [0.717, 1.165) is 31.7 Å². The zero-order valence-corrected chi connectivity index (χ0v) is 14.7. The number of hydrogen-bond acceptors (Lipinski definition) is 3. The molecule has 0 saturated carbocycles. The van der Waals surface area contributed by atoms with Gasteiger partial charge in [0, 0.05) is 30.3 Å². The van der Waals surface area contributed by atoms with Crippen LogP contribution in [0.3, 0.4) is 0 Å². The van der Waals surface area contributed by atoms with Gasteiger partial charge in [0.15, 0.2) is 0 Å². The number of aromatic nitrogens is 4. The molecule has 3 heterocycles. The summed E-state index contributed by atoms with van der Waals surface area (Å²) in [5.74, 6) is 0.554. The highest BCUT2D eigenvalue weighted by Gasteiger charge is 2.25. The monoisotopic (exact) mass is 335 g/mol. The van der Waals surface area contributed by atoms with Crippen LogP contribution in [0.5, 0.6) is 0 Å². The Hall–Kier alpha value is -2.40. The molecule has 2 N–H and O–H groups in total. The Bertz CT molecular complexity index is 804. The van der Waals surface area contributed by atoms with Crippen LogP contribution in [0.2, 0.25) is 0 Å². The Labute approximate surface area is 148 Å². The molecule has 0 bridgehead atoms. The summed E-state index contributed by atoms with van der Waals surface area (Å²) in [7, 11) is 0. The predicted octanol–water partition coefficient (Wildman–Crippen LogP) is 3.74. The number of hydrogen-bond donors (Lipinski definition) is 2. The van der Waals surface area contributed by atoms with E-state index in [4.69, 9.17) is 0 Å². The fraction of sp³-hybridized carbons (Fsp3) is 0.400. The van der Waals surface area contributed by atoms with Crippen LogP contribution in [-0.2, 0) is 13.0 Å².